The highest BCUT2D eigenvalue weighted by Crippen LogP contribution is 2.30. The van der Waals surface area contributed by atoms with E-state index in [1.165, 1.54) is 37.7 Å². The largest absolute Gasteiger partial charge is 0.363 e. The summed E-state index contributed by atoms with van der Waals surface area (Å²) in [6.07, 6.45) is 8.07. The standard InChI is InChI=1S/C13H21N3/c1-11-5-8-15-12(9-11)16-13(10-14)6-3-2-4-7-13/h5,8-9H,2-4,6-7,10,14H2,1H3,(H,15,16). The van der Waals surface area contributed by atoms with Crippen molar-refractivity contribution in [3.8, 4) is 0 Å². The summed E-state index contributed by atoms with van der Waals surface area (Å²) >= 11 is 0. The predicted molar refractivity (Wildman–Crippen MR) is 67.5 cm³/mol. The summed E-state index contributed by atoms with van der Waals surface area (Å²) in [5.41, 5.74) is 7.25. The summed E-state index contributed by atoms with van der Waals surface area (Å²) in [7, 11) is 0. The molecule has 0 aliphatic heterocycles. The predicted octanol–water partition coefficient (Wildman–Crippen LogP) is 2.46. The average molecular weight is 219 g/mol. The van der Waals surface area contributed by atoms with Crippen LogP contribution < -0.4 is 11.1 Å². The SMILES string of the molecule is Cc1ccnc(NC2(CN)CCCCC2)c1. The van der Waals surface area contributed by atoms with Crippen LogP contribution in [-0.2, 0) is 0 Å². The number of rotatable bonds is 3. The van der Waals surface area contributed by atoms with Crippen LogP contribution in [0.3, 0.4) is 0 Å². The van der Waals surface area contributed by atoms with Crippen molar-refractivity contribution < 1.29 is 0 Å². The number of aromatic nitrogens is 1. The molecule has 1 aliphatic carbocycles. The van der Waals surface area contributed by atoms with Crippen LogP contribution >= 0.6 is 0 Å². The maximum absolute atomic E-state index is 5.93. The highest BCUT2D eigenvalue weighted by atomic mass is 15.1. The Kier molecular flexibility index (Phi) is 3.44. The molecule has 1 saturated carbocycles. The van der Waals surface area contributed by atoms with Crippen LogP contribution in [0.4, 0.5) is 5.82 Å². The van der Waals surface area contributed by atoms with Crippen LogP contribution in [0.5, 0.6) is 0 Å². The first-order chi connectivity index (χ1) is 7.74. The Morgan fingerprint density at radius 2 is 2.12 bits per heavy atom. The molecule has 0 aromatic carbocycles. The molecular formula is C13H21N3. The van der Waals surface area contributed by atoms with Gasteiger partial charge in [0.05, 0.1) is 5.54 Å². The van der Waals surface area contributed by atoms with Gasteiger partial charge in [-0.05, 0) is 37.5 Å². The molecule has 0 spiro atoms. The molecule has 3 heteroatoms. The van der Waals surface area contributed by atoms with Gasteiger partial charge in [0.25, 0.3) is 0 Å². The van der Waals surface area contributed by atoms with Crippen LogP contribution in [0.1, 0.15) is 37.7 Å². The molecule has 88 valence electrons. The van der Waals surface area contributed by atoms with Gasteiger partial charge in [-0.15, -0.1) is 0 Å². The second-order valence-corrected chi connectivity index (χ2v) is 4.89. The molecule has 0 unspecified atom stereocenters. The van der Waals surface area contributed by atoms with E-state index < -0.39 is 0 Å². The van der Waals surface area contributed by atoms with Gasteiger partial charge in [-0.1, -0.05) is 19.3 Å². The Hall–Kier alpha value is -1.09. The number of nitrogens with one attached hydrogen (secondary N) is 1. The molecule has 1 heterocycles. The van der Waals surface area contributed by atoms with E-state index in [1.54, 1.807) is 0 Å². The Morgan fingerprint density at radius 1 is 1.38 bits per heavy atom. The first-order valence-corrected chi connectivity index (χ1v) is 6.15. The van der Waals surface area contributed by atoms with Crippen LogP contribution in [0.25, 0.3) is 0 Å². The zero-order chi connectivity index (χ0) is 11.4. The van der Waals surface area contributed by atoms with Gasteiger partial charge in [0.15, 0.2) is 0 Å². The number of hydrogen-bond acceptors (Lipinski definition) is 3. The molecule has 1 aromatic rings. The Bertz CT molecular complexity index is 343. The van der Waals surface area contributed by atoms with Crippen molar-refractivity contribution in [2.45, 2.75) is 44.6 Å². The van der Waals surface area contributed by atoms with E-state index in [-0.39, 0.29) is 5.54 Å². The van der Waals surface area contributed by atoms with Gasteiger partial charge in [0.1, 0.15) is 5.82 Å². The number of nitrogens with zero attached hydrogens (tertiary/aromatic N) is 1. The smallest absolute Gasteiger partial charge is 0.126 e. The normalized spacial score (nSPS) is 19.4. The number of anilines is 1. The minimum absolute atomic E-state index is 0.0824. The van der Waals surface area contributed by atoms with Crippen molar-refractivity contribution in [3.63, 3.8) is 0 Å². The van der Waals surface area contributed by atoms with Gasteiger partial charge in [-0.25, -0.2) is 4.98 Å². The van der Waals surface area contributed by atoms with Gasteiger partial charge in [0.2, 0.25) is 0 Å². The van der Waals surface area contributed by atoms with Crippen molar-refractivity contribution in [1.29, 1.82) is 0 Å². The molecule has 0 bridgehead atoms. The minimum Gasteiger partial charge on any atom is -0.363 e. The maximum Gasteiger partial charge on any atom is 0.126 e. The first-order valence-electron chi connectivity index (χ1n) is 6.15. The number of pyridine rings is 1. The van der Waals surface area contributed by atoms with E-state index in [2.05, 4.69) is 23.3 Å². The molecule has 0 atom stereocenters. The van der Waals surface area contributed by atoms with E-state index in [0.717, 1.165) is 5.82 Å². The van der Waals surface area contributed by atoms with E-state index in [0.29, 0.717) is 6.54 Å². The van der Waals surface area contributed by atoms with Crippen LogP contribution in [-0.4, -0.2) is 17.1 Å². The molecule has 1 fully saturated rings. The quantitative estimate of drug-likeness (QED) is 0.821. The Balaban J connectivity index is 2.11. The molecule has 16 heavy (non-hydrogen) atoms. The van der Waals surface area contributed by atoms with Crippen molar-refractivity contribution in [3.05, 3.63) is 23.9 Å². The summed E-state index contributed by atoms with van der Waals surface area (Å²) in [5, 5.41) is 3.55. The zero-order valence-electron chi connectivity index (χ0n) is 10.00. The third kappa shape index (κ3) is 2.53. The van der Waals surface area contributed by atoms with E-state index in [9.17, 15) is 0 Å². The lowest BCUT2D eigenvalue weighted by Gasteiger charge is -2.37. The highest BCUT2D eigenvalue weighted by molar-refractivity contribution is 5.40. The summed E-state index contributed by atoms with van der Waals surface area (Å²) in [5.74, 6) is 0.965. The molecule has 3 N–H and O–H groups in total. The van der Waals surface area contributed by atoms with Gasteiger partial charge in [-0.2, -0.15) is 0 Å². The third-order valence-corrected chi connectivity index (χ3v) is 3.51. The first kappa shape index (κ1) is 11.4. The molecule has 0 saturated heterocycles. The lowest BCUT2D eigenvalue weighted by atomic mass is 9.81. The van der Waals surface area contributed by atoms with E-state index in [1.807, 2.05) is 12.3 Å². The van der Waals surface area contributed by atoms with Crippen LogP contribution in [0.15, 0.2) is 18.3 Å². The van der Waals surface area contributed by atoms with Gasteiger partial charge in [-0.3, -0.25) is 0 Å². The zero-order valence-corrected chi connectivity index (χ0v) is 10.00. The molecule has 0 radical (unpaired) electrons. The molecule has 1 aliphatic rings. The average Bonchev–Trinajstić information content (AvgIpc) is 2.30. The van der Waals surface area contributed by atoms with Crippen LogP contribution in [0, 0.1) is 6.92 Å². The monoisotopic (exact) mass is 219 g/mol. The Morgan fingerprint density at radius 3 is 2.75 bits per heavy atom. The van der Waals surface area contributed by atoms with Crippen molar-refractivity contribution in [1.82, 2.24) is 4.98 Å². The topological polar surface area (TPSA) is 50.9 Å². The number of nitrogens with two attached hydrogens (primary N) is 1. The number of hydrogen-bond donors (Lipinski definition) is 2. The fraction of sp³-hybridized carbons (Fsp3) is 0.615. The van der Waals surface area contributed by atoms with E-state index in [4.69, 9.17) is 5.73 Å². The third-order valence-electron chi connectivity index (χ3n) is 3.51. The summed E-state index contributed by atoms with van der Waals surface area (Å²) < 4.78 is 0. The maximum atomic E-state index is 5.93. The second-order valence-electron chi connectivity index (χ2n) is 4.89. The fourth-order valence-corrected chi connectivity index (χ4v) is 2.48. The molecule has 0 amide bonds. The van der Waals surface area contributed by atoms with Crippen molar-refractivity contribution in [2.75, 3.05) is 11.9 Å². The Labute approximate surface area is 97.5 Å². The van der Waals surface area contributed by atoms with E-state index >= 15 is 0 Å². The molecule has 1 aromatic heterocycles. The highest BCUT2D eigenvalue weighted by Gasteiger charge is 2.30. The molecule has 3 nitrogen and oxygen atoms in total. The summed E-state index contributed by atoms with van der Waals surface area (Å²) in [6.45, 7) is 2.78. The molecular weight excluding hydrogens is 198 g/mol. The lowest BCUT2D eigenvalue weighted by molar-refractivity contribution is 0.330. The minimum atomic E-state index is 0.0824. The molecule has 2 rings (SSSR count). The van der Waals surface area contributed by atoms with Gasteiger partial charge >= 0.3 is 0 Å². The fourth-order valence-electron chi connectivity index (χ4n) is 2.48. The van der Waals surface area contributed by atoms with Crippen molar-refractivity contribution in [2.24, 2.45) is 5.73 Å². The second kappa shape index (κ2) is 4.83. The summed E-state index contributed by atoms with van der Waals surface area (Å²) in [6, 6.07) is 4.10. The number of aryl methyl sites for hydroxylation is 1. The lowest BCUT2D eigenvalue weighted by Crippen LogP contribution is -2.47. The van der Waals surface area contributed by atoms with Gasteiger partial charge < -0.3 is 11.1 Å². The summed E-state index contributed by atoms with van der Waals surface area (Å²) in [4.78, 5) is 4.36. The van der Waals surface area contributed by atoms with Crippen molar-refractivity contribution >= 4 is 5.82 Å². The van der Waals surface area contributed by atoms with Crippen LogP contribution in [0.2, 0.25) is 0 Å². The van der Waals surface area contributed by atoms with Gasteiger partial charge in [0, 0.05) is 12.7 Å².